The van der Waals surface area contributed by atoms with Crippen molar-refractivity contribution in [3.63, 3.8) is 0 Å². The van der Waals surface area contributed by atoms with Crippen LogP contribution in [0.3, 0.4) is 0 Å². The Labute approximate surface area is 144 Å². The highest BCUT2D eigenvalue weighted by Crippen LogP contribution is 2.25. The standard InChI is InChI=1S/C16H15N3O5S/c20-16(12-3-1-4-15(11-12)19(21)22)17-13-5-7-14(8-6-13)18-9-2-10-25(18,23)24/h1,3-8,11H,2,9-10H2,(H,17,20). The molecule has 3 rings (SSSR count). The smallest absolute Gasteiger partial charge is 0.270 e. The molecule has 1 aliphatic heterocycles. The summed E-state index contributed by atoms with van der Waals surface area (Å²) in [5, 5.41) is 13.4. The van der Waals surface area contributed by atoms with Gasteiger partial charge in [0, 0.05) is 29.9 Å². The van der Waals surface area contributed by atoms with Crippen molar-refractivity contribution in [3.8, 4) is 0 Å². The van der Waals surface area contributed by atoms with Gasteiger partial charge in [0.25, 0.3) is 11.6 Å². The van der Waals surface area contributed by atoms with Crippen LogP contribution in [0, 0.1) is 10.1 Å². The van der Waals surface area contributed by atoms with Gasteiger partial charge >= 0.3 is 0 Å². The van der Waals surface area contributed by atoms with Gasteiger partial charge in [-0.15, -0.1) is 0 Å². The summed E-state index contributed by atoms with van der Waals surface area (Å²) in [6.07, 6.45) is 0.591. The van der Waals surface area contributed by atoms with Crippen molar-refractivity contribution in [2.75, 3.05) is 21.9 Å². The van der Waals surface area contributed by atoms with Crippen molar-refractivity contribution in [2.24, 2.45) is 0 Å². The molecule has 2 aromatic carbocycles. The first-order chi connectivity index (χ1) is 11.9. The summed E-state index contributed by atoms with van der Waals surface area (Å²) < 4.78 is 25.1. The molecule has 130 valence electrons. The Bertz CT molecular complexity index is 925. The van der Waals surface area contributed by atoms with Crippen molar-refractivity contribution < 1.29 is 18.1 Å². The Morgan fingerprint density at radius 1 is 1.16 bits per heavy atom. The van der Waals surface area contributed by atoms with Gasteiger partial charge in [0.05, 0.1) is 16.4 Å². The van der Waals surface area contributed by atoms with E-state index in [2.05, 4.69) is 5.32 Å². The molecule has 1 fully saturated rings. The second-order valence-corrected chi connectivity index (χ2v) is 7.56. The average Bonchev–Trinajstić information content (AvgIpc) is 2.95. The molecule has 1 aliphatic rings. The lowest BCUT2D eigenvalue weighted by atomic mass is 10.2. The Hall–Kier alpha value is -2.94. The number of hydrogen-bond donors (Lipinski definition) is 1. The largest absolute Gasteiger partial charge is 0.322 e. The summed E-state index contributed by atoms with van der Waals surface area (Å²) in [6, 6.07) is 11.8. The van der Waals surface area contributed by atoms with Gasteiger partial charge < -0.3 is 5.32 Å². The van der Waals surface area contributed by atoms with E-state index in [0.717, 1.165) is 0 Å². The zero-order valence-corrected chi connectivity index (χ0v) is 13.9. The second-order valence-electron chi connectivity index (χ2n) is 5.55. The van der Waals surface area contributed by atoms with Crippen molar-refractivity contribution >= 4 is 33.0 Å². The Balaban J connectivity index is 1.74. The first kappa shape index (κ1) is 16.9. The van der Waals surface area contributed by atoms with Crippen molar-refractivity contribution in [3.05, 3.63) is 64.2 Å². The molecule has 0 spiro atoms. The molecule has 0 atom stereocenters. The van der Waals surface area contributed by atoms with E-state index < -0.39 is 20.9 Å². The topological polar surface area (TPSA) is 110 Å². The monoisotopic (exact) mass is 361 g/mol. The molecule has 8 nitrogen and oxygen atoms in total. The van der Waals surface area contributed by atoms with E-state index in [1.54, 1.807) is 24.3 Å². The minimum absolute atomic E-state index is 0.137. The van der Waals surface area contributed by atoms with E-state index in [4.69, 9.17) is 0 Å². The maximum atomic E-state index is 12.2. The van der Waals surface area contributed by atoms with Crippen LogP contribution in [0.5, 0.6) is 0 Å². The fourth-order valence-electron chi connectivity index (χ4n) is 2.60. The molecule has 1 N–H and O–H groups in total. The second kappa shape index (κ2) is 6.52. The van der Waals surface area contributed by atoms with Gasteiger partial charge in [0.1, 0.15) is 0 Å². The average molecular weight is 361 g/mol. The Kier molecular flexibility index (Phi) is 4.41. The number of amides is 1. The number of nitro benzene ring substituents is 1. The molecule has 1 saturated heterocycles. The number of hydrogen-bond acceptors (Lipinski definition) is 5. The fourth-order valence-corrected chi connectivity index (χ4v) is 4.17. The van der Waals surface area contributed by atoms with E-state index >= 15 is 0 Å². The van der Waals surface area contributed by atoms with E-state index in [1.807, 2.05) is 0 Å². The third kappa shape index (κ3) is 3.61. The van der Waals surface area contributed by atoms with Crippen LogP contribution < -0.4 is 9.62 Å². The number of carbonyl (C=O) groups excluding carboxylic acids is 1. The number of nitrogens with zero attached hydrogens (tertiary/aromatic N) is 2. The van der Waals surface area contributed by atoms with Crippen LogP contribution in [0.15, 0.2) is 48.5 Å². The van der Waals surface area contributed by atoms with Crippen molar-refractivity contribution in [1.82, 2.24) is 0 Å². The first-order valence-corrected chi connectivity index (χ1v) is 9.14. The third-order valence-electron chi connectivity index (χ3n) is 3.83. The number of non-ortho nitro benzene ring substituents is 1. The van der Waals surface area contributed by atoms with Crippen LogP contribution in [0.4, 0.5) is 17.1 Å². The quantitative estimate of drug-likeness (QED) is 0.664. The maximum absolute atomic E-state index is 12.2. The van der Waals surface area contributed by atoms with Gasteiger partial charge in [0.15, 0.2) is 0 Å². The fraction of sp³-hybridized carbons (Fsp3) is 0.188. The summed E-state index contributed by atoms with van der Waals surface area (Å²) in [7, 11) is -3.25. The number of carbonyl (C=O) groups is 1. The summed E-state index contributed by atoms with van der Waals surface area (Å²) in [5.74, 6) is -0.344. The highest BCUT2D eigenvalue weighted by Gasteiger charge is 2.28. The zero-order chi connectivity index (χ0) is 18.0. The normalized spacial score (nSPS) is 15.8. The molecule has 1 amide bonds. The van der Waals surface area contributed by atoms with Crippen LogP contribution in [0.25, 0.3) is 0 Å². The molecular formula is C16H15N3O5S. The summed E-state index contributed by atoms with van der Waals surface area (Å²) in [6.45, 7) is 0.446. The highest BCUT2D eigenvalue weighted by atomic mass is 32.2. The van der Waals surface area contributed by atoms with Crippen LogP contribution in [-0.2, 0) is 10.0 Å². The molecule has 2 aromatic rings. The number of nitrogens with one attached hydrogen (secondary N) is 1. The molecule has 0 saturated carbocycles. The Morgan fingerprint density at radius 3 is 2.48 bits per heavy atom. The minimum Gasteiger partial charge on any atom is -0.322 e. The number of benzene rings is 2. The molecule has 0 aliphatic carbocycles. The SMILES string of the molecule is O=C(Nc1ccc(N2CCCS2(=O)=O)cc1)c1cccc([N+](=O)[O-])c1. The molecular weight excluding hydrogens is 346 g/mol. The number of anilines is 2. The highest BCUT2D eigenvalue weighted by molar-refractivity contribution is 7.93. The van der Waals surface area contributed by atoms with Gasteiger partial charge in [-0.25, -0.2) is 8.42 Å². The molecule has 0 radical (unpaired) electrons. The molecule has 25 heavy (non-hydrogen) atoms. The van der Waals surface area contributed by atoms with Crippen LogP contribution in [-0.4, -0.2) is 31.5 Å². The summed E-state index contributed by atoms with van der Waals surface area (Å²) in [5.41, 5.74) is 1.02. The van der Waals surface area contributed by atoms with Gasteiger partial charge in [0.2, 0.25) is 10.0 Å². The van der Waals surface area contributed by atoms with Crippen LogP contribution in [0.2, 0.25) is 0 Å². The van der Waals surface area contributed by atoms with E-state index in [1.165, 1.54) is 28.6 Å². The van der Waals surface area contributed by atoms with Gasteiger partial charge in [-0.2, -0.15) is 0 Å². The molecule has 0 unspecified atom stereocenters. The van der Waals surface area contributed by atoms with E-state index in [9.17, 15) is 23.3 Å². The molecule has 0 aromatic heterocycles. The third-order valence-corrected chi connectivity index (χ3v) is 5.70. The predicted octanol–water partition coefficient (Wildman–Crippen LogP) is 2.39. The maximum Gasteiger partial charge on any atom is 0.270 e. The van der Waals surface area contributed by atoms with Crippen molar-refractivity contribution in [1.29, 1.82) is 0 Å². The Morgan fingerprint density at radius 2 is 1.88 bits per heavy atom. The lowest BCUT2D eigenvalue weighted by Gasteiger charge is -2.17. The van der Waals surface area contributed by atoms with Gasteiger partial charge in [-0.1, -0.05) is 6.07 Å². The minimum atomic E-state index is -3.25. The summed E-state index contributed by atoms with van der Waals surface area (Å²) >= 11 is 0. The van der Waals surface area contributed by atoms with E-state index in [-0.39, 0.29) is 17.0 Å². The van der Waals surface area contributed by atoms with Crippen LogP contribution >= 0.6 is 0 Å². The van der Waals surface area contributed by atoms with Crippen molar-refractivity contribution in [2.45, 2.75) is 6.42 Å². The number of rotatable bonds is 4. The van der Waals surface area contributed by atoms with E-state index in [0.29, 0.717) is 24.3 Å². The summed E-state index contributed by atoms with van der Waals surface area (Å²) in [4.78, 5) is 22.4. The number of nitro groups is 1. The predicted molar refractivity (Wildman–Crippen MR) is 93.2 cm³/mol. The lowest BCUT2D eigenvalue weighted by Crippen LogP contribution is -2.24. The molecule has 9 heteroatoms. The lowest BCUT2D eigenvalue weighted by molar-refractivity contribution is -0.384. The van der Waals surface area contributed by atoms with Crippen LogP contribution in [0.1, 0.15) is 16.8 Å². The zero-order valence-electron chi connectivity index (χ0n) is 13.1. The molecule has 0 bridgehead atoms. The number of sulfonamides is 1. The molecule has 1 heterocycles. The van der Waals surface area contributed by atoms with Gasteiger partial charge in [-0.05, 0) is 36.8 Å². The first-order valence-electron chi connectivity index (χ1n) is 7.53. The van der Waals surface area contributed by atoms with Gasteiger partial charge in [-0.3, -0.25) is 19.2 Å².